The van der Waals surface area contributed by atoms with Crippen LogP contribution in [0.3, 0.4) is 0 Å². The van der Waals surface area contributed by atoms with Crippen LogP contribution < -0.4 is 10.2 Å². The quantitative estimate of drug-likeness (QED) is 0.865. The van der Waals surface area contributed by atoms with E-state index in [0.717, 1.165) is 12.2 Å². The Morgan fingerprint density at radius 1 is 1.37 bits per heavy atom. The number of carbonyl (C=O) groups excluding carboxylic acids is 1. The van der Waals surface area contributed by atoms with Crippen LogP contribution in [0.4, 0.5) is 5.69 Å². The topological polar surface area (TPSA) is 52.6 Å². The van der Waals surface area contributed by atoms with Crippen molar-refractivity contribution in [3.63, 3.8) is 0 Å². The van der Waals surface area contributed by atoms with Crippen molar-refractivity contribution in [1.82, 2.24) is 5.32 Å². The number of amides is 1. The highest BCUT2D eigenvalue weighted by Crippen LogP contribution is 2.24. The first-order valence-corrected chi connectivity index (χ1v) is 6.78. The fourth-order valence-corrected chi connectivity index (χ4v) is 2.55. The first-order valence-electron chi connectivity index (χ1n) is 6.78. The van der Waals surface area contributed by atoms with Crippen LogP contribution in [0, 0.1) is 13.8 Å². The third kappa shape index (κ3) is 2.89. The third-order valence-corrected chi connectivity index (χ3v) is 3.76. The van der Waals surface area contributed by atoms with Gasteiger partial charge >= 0.3 is 0 Å². The van der Waals surface area contributed by atoms with Crippen LogP contribution in [0.5, 0.6) is 0 Å². The number of benzene rings is 1. The molecule has 2 rings (SSSR count). The van der Waals surface area contributed by atoms with Gasteiger partial charge in [-0.1, -0.05) is 6.07 Å². The van der Waals surface area contributed by atoms with E-state index < -0.39 is 0 Å². The Kier molecular flexibility index (Phi) is 4.10. The smallest absolute Gasteiger partial charge is 0.243 e. The molecule has 4 nitrogen and oxygen atoms in total. The van der Waals surface area contributed by atoms with Crippen LogP contribution in [0.1, 0.15) is 24.5 Å². The minimum Gasteiger partial charge on any atom is -0.396 e. The van der Waals surface area contributed by atoms with Gasteiger partial charge in [-0.2, -0.15) is 0 Å². The SMILES string of the molecule is Cc1ccc(N2CC(C)NC(=O)C2CCO)cc1C. The Morgan fingerprint density at radius 3 is 2.74 bits per heavy atom. The van der Waals surface area contributed by atoms with Gasteiger partial charge < -0.3 is 15.3 Å². The molecule has 1 aromatic carbocycles. The second-order valence-electron chi connectivity index (χ2n) is 5.36. The number of aryl methyl sites for hydroxylation is 2. The maximum atomic E-state index is 12.1. The number of piperazine rings is 1. The number of aliphatic hydroxyl groups is 1. The molecule has 1 saturated heterocycles. The van der Waals surface area contributed by atoms with Gasteiger partial charge in [0.1, 0.15) is 6.04 Å². The van der Waals surface area contributed by atoms with Gasteiger partial charge in [-0.15, -0.1) is 0 Å². The summed E-state index contributed by atoms with van der Waals surface area (Å²) in [6.45, 7) is 6.96. The predicted molar refractivity (Wildman–Crippen MR) is 76.4 cm³/mol. The third-order valence-electron chi connectivity index (χ3n) is 3.76. The lowest BCUT2D eigenvalue weighted by molar-refractivity contribution is -0.124. The van der Waals surface area contributed by atoms with Crippen LogP contribution in [0.25, 0.3) is 0 Å². The van der Waals surface area contributed by atoms with Crippen LogP contribution in [-0.4, -0.2) is 36.2 Å². The number of carbonyl (C=O) groups is 1. The maximum Gasteiger partial charge on any atom is 0.243 e. The first-order chi connectivity index (χ1) is 9.02. The monoisotopic (exact) mass is 262 g/mol. The lowest BCUT2D eigenvalue weighted by atomic mass is 10.0. The molecule has 1 aliphatic rings. The molecular formula is C15H22N2O2. The van der Waals surface area contributed by atoms with E-state index in [4.69, 9.17) is 5.11 Å². The van der Waals surface area contributed by atoms with E-state index in [-0.39, 0.29) is 24.6 Å². The summed E-state index contributed by atoms with van der Waals surface area (Å²) < 4.78 is 0. The van der Waals surface area contributed by atoms with E-state index in [2.05, 4.69) is 42.3 Å². The van der Waals surface area contributed by atoms with Crippen LogP contribution in [0.15, 0.2) is 18.2 Å². The van der Waals surface area contributed by atoms with E-state index in [0.29, 0.717) is 6.42 Å². The summed E-state index contributed by atoms with van der Waals surface area (Å²) in [6.07, 6.45) is 0.464. The number of rotatable bonds is 3. The second-order valence-corrected chi connectivity index (χ2v) is 5.36. The van der Waals surface area contributed by atoms with E-state index in [1.807, 2.05) is 6.92 Å². The largest absolute Gasteiger partial charge is 0.396 e. The van der Waals surface area contributed by atoms with Crippen molar-refractivity contribution in [3.05, 3.63) is 29.3 Å². The van der Waals surface area contributed by atoms with Gasteiger partial charge in [0.05, 0.1) is 0 Å². The Morgan fingerprint density at radius 2 is 2.11 bits per heavy atom. The van der Waals surface area contributed by atoms with Gasteiger partial charge in [0.25, 0.3) is 0 Å². The zero-order valence-electron chi connectivity index (χ0n) is 11.8. The second kappa shape index (κ2) is 5.61. The summed E-state index contributed by atoms with van der Waals surface area (Å²) in [6, 6.07) is 6.10. The Hall–Kier alpha value is -1.55. The summed E-state index contributed by atoms with van der Waals surface area (Å²) in [4.78, 5) is 14.2. The van der Waals surface area contributed by atoms with Crippen molar-refractivity contribution < 1.29 is 9.90 Å². The number of aliphatic hydroxyl groups excluding tert-OH is 1. The molecule has 0 aliphatic carbocycles. The Balaban J connectivity index is 2.31. The fraction of sp³-hybridized carbons (Fsp3) is 0.533. The minimum atomic E-state index is -0.275. The number of nitrogens with one attached hydrogen (secondary N) is 1. The predicted octanol–water partition coefficient (Wildman–Crippen LogP) is 1.38. The Labute approximate surface area is 114 Å². The van der Waals surface area contributed by atoms with Crippen LogP contribution in [-0.2, 0) is 4.79 Å². The summed E-state index contributed by atoms with van der Waals surface area (Å²) >= 11 is 0. The van der Waals surface area contributed by atoms with Gasteiger partial charge in [0.2, 0.25) is 5.91 Å². The molecule has 1 heterocycles. The molecular weight excluding hydrogens is 240 g/mol. The summed E-state index contributed by atoms with van der Waals surface area (Å²) in [5.74, 6) is 0.00558. The molecule has 1 aromatic rings. The number of nitrogens with zero attached hydrogens (tertiary/aromatic N) is 1. The highest BCUT2D eigenvalue weighted by Gasteiger charge is 2.32. The van der Waals surface area contributed by atoms with Crippen molar-refractivity contribution in [3.8, 4) is 0 Å². The molecule has 19 heavy (non-hydrogen) atoms. The standard InChI is InChI=1S/C15H22N2O2/c1-10-4-5-13(8-11(10)2)17-9-12(3)16-15(19)14(17)6-7-18/h4-5,8,12,14,18H,6-7,9H2,1-3H3,(H,16,19). The lowest BCUT2D eigenvalue weighted by Gasteiger charge is -2.40. The lowest BCUT2D eigenvalue weighted by Crippen LogP contribution is -2.59. The highest BCUT2D eigenvalue weighted by atomic mass is 16.3. The molecule has 2 atom stereocenters. The normalized spacial score (nSPS) is 23.4. The minimum absolute atomic E-state index is 0.00558. The molecule has 1 fully saturated rings. The van der Waals surface area contributed by atoms with Crippen molar-refractivity contribution in [2.45, 2.75) is 39.3 Å². The molecule has 4 heteroatoms. The summed E-state index contributed by atoms with van der Waals surface area (Å²) in [5, 5.41) is 12.1. The molecule has 1 amide bonds. The molecule has 2 unspecified atom stereocenters. The summed E-state index contributed by atoms with van der Waals surface area (Å²) in [5.41, 5.74) is 3.53. The zero-order chi connectivity index (χ0) is 14.0. The van der Waals surface area contributed by atoms with Gasteiger partial charge in [0, 0.05) is 24.9 Å². The van der Waals surface area contributed by atoms with Crippen molar-refractivity contribution >= 4 is 11.6 Å². The van der Waals surface area contributed by atoms with E-state index >= 15 is 0 Å². The average molecular weight is 262 g/mol. The van der Waals surface area contributed by atoms with Gasteiger partial charge in [-0.25, -0.2) is 0 Å². The number of hydrogen-bond acceptors (Lipinski definition) is 3. The fourth-order valence-electron chi connectivity index (χ4n) is 2.55. The molecule has 2 N–H and O–H groups in total. The van der Waals surface area contributed by atoms with Crippen LogP contribution in [0.2, 0.25) is 0 Å². The van der Waals surface area contributed by atoms with E-state index in [9.17, 15) is 4.79 Å². The van der Waals surface area contributed by atoms with E-state index in [1.165, 1.54) is 11.1 Å². The van der Waals surface area contributed by atoms with E-state index in [1.54, 1.807) is 0 Å². The number of hydrogen-bond donors (Lipinski definition) is 2. The van der Waals surface area contributed by atoms with Gasteiger partial charge in [-0.3, -0.25) is 4.79 Å². The average Bonchev–Trinajstić information content (AvgIpc) is 2.36. The van der Waals surface area contributed by atoms with Crippen LogP contribution >= 0.6 is 0 Å². The Bertz CT molecular complexity index is 473. The maximum absolute atomic E-state index is 12.1. The molecule has 0 aromatic heterocycles. The highest BCUT2D eigenvalue weighted by molar-refractivity contribution is 5.87. The summed E-state index contributed by atoms with van der Waals surface area (Å²) in [7, 11) is 0. The zero-order valence-corrected chi connectivity index (χ0v) is 11.8. The molecule has 0 bridgehead atoms. The first kappa shape index (κ1) is 13.9. The van der Waals surface area contributed by atoms with Crippen molar-refractivity contribution in [1.29, 1.82) is 0 Å². The van der Waals surface area contributed by atoms with Crippen molar-refractivity contribution in [2.75, 3.05) is 18.1 Å². The van der Waals surface area contributed by atoms with Gasteiger partial charge in [0.15, 0.2) is 0 Å². The molecule has 0 spiro atoms. The van der Waals surface area contributed by atoms with Gasteiger partial charge in [-0.05, 0) is 50.5 Å². The van der Waals surface area contributed by atoms with Crippen molar-refractivity contribution in [2.24, 2.45) is 0 Å². The molecule has 0 saturated carbocycles. The molecule has 1 aliphatic heterocycles. The molecule has 104 valence electrons. The number of anilines is 1. The molecule has 0 radical (unpaired) electrons.